The van der Waals surface area contributed by atoms with Crippen LogP contribution in [0.5, 0.6) is 0 Å². The van der Waals surface area contributed by atoms with E-state index in [-0.39, 0.29) is 10.8 Å². The van der Waals surface area contributed by atoms with Gasteiger partial charge in [-0.25, -0.2) is 0 Å². The predicted molar refractivity (Wildman–Crippen MR) is 235 cm³/mol. The van der Waals surface area contributed by atoms with Gasteiger partial charge in [0.2, 0.25) is 0 Å². The van der Waals surface area contributed by atoms with Crippen LogP contribution in [0, 0.1) is 0 Å². The van der Waals surface area contributed by atoms with Gasteiger partial charge in [-0.2, -0.15) is 0 Å². The van der Waals surface area contributed by atoms with Gasteiger partial charge in [-0.1, -0.05) is 145 Å². The van der Waals surface area contributed by atoms with Crippen molar-refractivity contribution >= 4 is 49.8 Å². The molecular formula is C52H47N3. The molecule has 0 radical (unpaired) electrons. The molecule has 0 aliphatic carbocycles. The number of fused-ring (bicyclic) bond motifs is 5. The van der Waals surface area contributed by atoms with Crippen LogP contribution in [0.1, 0.15) is 52.7 Å². The van der Waals surface area contributed by atoms with Crippen LogP contribution < -0.4 is 4.90 Å². The highest BCUT2D eigenvalue weighted by atomic mass is 15.1. The lowest BCUT2D eigenvalue weighted by atomic mass is 9.86. The van der Waals surface area contributed by atoms with E-state index in [1.165, 1.54) is 55.1 Å². The molecule has 0 amide bonds. The zero-order valence-electron chi connectivity index (χ0n) is 32.6. The van der Waals surface area contributed by atoms with Crippen molar-refractivity contribution in [2.45, 2.75) is 52.4 Å². The van der Waals surface area contributed by atoms with Crippen LogP contribution in [-0.2, 0) is 10.8 Å². The van der Waals surface area contributed by atoms with Gasteiger partial charge in [-0.15, -0.1) is 0 Å². The van der Waals surface area contributed by atoms with E-state index in [0.29, 0.717) is 0 Å². The maximum Gasteiger partial charge on any atom is 0.0635 e. The molecule has 0 bridgehead atoms. The molecule has 3 nitrogen and oxygen atoms in total. The number of aromatic nitrogens is 2. The molecule has 270 valence electrons. The summed E-state index contributed by atoms with van der Waals surface area (Å²) in [5.74, 6) is 0. The molecule has 0 unspecified atom stereocenters. The zero-order valence-corrected chi connectivity index (χ0v) is 32.6. The van der Waals surface area contributed by atoms with E-state index >= 15 is 0 Å². The van der Waals surface area contributed by atoms with E-state index in [1.54, 1.807) is 0 Å². The smallest absolute Gasteiger partial charge is 0.0635 e. The lowest BCUT2D eigenvalue weighted by Gasteiger charge is -2.28. The number of para-hydroxylation sites is 2. The Labute approximate surface area is 324 Å². The van der Waals surface area contributed by atoms with Gasteiger partial charge in [0.25, 0.3) is 0 Å². The molecule has 2 heterocycles. The first-order chi connectivity index (χ1) is 26.6. The summed E-state index contributed by atoms with van der Waals surface area (Å²) in [5.41, 5.74) is 14.3. The fourth-order valence-corrected chi connectivity index (χ4v) is 8.12. The third kappa shape index (κ3) is 6.10. The molecule has 0 N–H and O–H groups in total. The van der Waals surface area contributed by atoms with E-state index < -0.39 is 0 Å². The summed E-state index contributed by atoms with van der Waals surface area (Å²) < 4.78 is 4.89. The summed E-state index contributed by atoms with van der Waals surface area (Å²) in [6.07, 6.45) is 0. The molecule has 0 aliphatic heterocycles. The summed E-state index contributed by atoms with van der Waals surface area (Å²) >= 11 is 0. The Morgan fingerprint density at radius 2 is 0.927 bits per heavy atom. The second kappa shape index (κ2) is 13.2. The Hall–Kier alpha value is -6.32. The van der Waals surface area contributed by atoms with Crippen molar-refractivity contribution in [3.05, 3.63) is 187 Å². The Morgan fingerprint density at radius 1 is 0.382 bits per heavy atom. The third-order valence-electron chi connectivity index (χ3n) is 11.0. The number of rotatable bonds is 6. The van der Waals surface area contributed by atoms with Crippen LogP contribution in [0.4, 0.5) is 17.1 Å². The first-order valence-corrected chi connectivity index (χ1v) is 19.4. The van der Waals surface area contributed by atoms with Crippen molar-refractivity contribution in [2.75, 3.05) is 4.90 Å². The summed E-state index contributed by atoms with van der Waals surface area (Å²) in [6, 6.07) is 64.6. The largest absolute Gasteiger partial charge is 0.310 e. The van der Waals surface area contributed by atoms with Crippen molar-refractivity contribution in [1.29, 1.82) is 0 Å². The number of hydrogen-bond acceptors (Lipinski definition) is 1. The van der Waals surface area contributed by atoms with E-state index in [9.17, 15) is 0 Å². The van der Waals surface area contributed by atoms with Gasteiger partial charge in [0.1, 0.15) is 0 Å². The van der Waals surface area contributed by atoms with Crippen LogP contribution in [0.25, 0.3) is 55.3 Å². The average molecular weight is 714 g/mol. The van der Waals surface area contributed by atoms with E-state index in [2.05, 4.69) is 232 Å². The fourth-order valence-electron chi connectivity index (χ4n) is 8.12. The second-order valence-corrected chi connectivity index (χ2v) is 16.8. The van der Waals surface area contributed by atoms with Gasteiger partial charge in [-0.05, 0) is 100 Å². The fraction of sp³-hybridized carbons (Fsp3) is 0.154. The summed E-state index contributed by atoms with van der Waals surface area (Å²) in [4.78, 5) is 2.39. The average Bonchev–Trinajstić information content (AvgIpc) is 3.75. The second-order valence-electron chi connectivity index (χ2n) is 16.8. The maximum atomic E-state index is 2.48. The Balaban J connectivity index is 1.29. The van der Waals surface area contributed by atoms with E-state index in [4.69, 9.17) is 0 Å². The lowest BCUT2D eigenvalue weighted by Crippen LogP contribution is -2.14. The van der Waals surface area contributed by atoms with E-state index in [1.807, 2.05) is 0 Å². The Bertz CT molecular complexity index is 2730. The standard InChI is InChI=1S/C52H47N3/c1-51(2,3)37-24-28-40(29-25-37)53(41-30-26-38(27-31-41)52(4,5)6)42-20-15-21-43(34-42)55-47-23-14-13-22-44(47)45-32-33-48-46(50(45)55)35-49(36-16-9-7-10-17-36)54(48)39-18-11-8-12-19-39/h7-35H,1-6H3. The third-order valence-corrected chi connectivity index (χ3v) is 11.0. The van der Waals surface area contributed by atoms with Crippen molar-refractivity contribution in [3.8, 4) is 22.6 Å². The highest BCUT2D eigenvalue weighted by Crippen LogP contribution is 2.43. The molecule has 9 aromatic rings. The van der Waals surface area contributed by atoms with Crippen LogP contribution in [0.3, 0.4) is 0 Å². The van der Waals surface area contributed by atoms with Gasteiger partial charge in [-0.3, -0.25) is 0 Å². The van der Waals surface area contributed by atoms with Crippen LogP contribution in [0.15, 0.2) is 176 Å². The molecule has 3 heteroatoms. The normalized spacial score (nSPS) is 12.2. The molecule has 0 fully saturated rings. The molecular weight excluding hydrogens is 667 g/mol. The van der Waals surface area contributed by atoms with Crippen molar-refractivity contribution < 1.29 is 0 Å². The molecule has 7 aromatic carbocycles. The quantitative estimate of drug-likeness (QED) is 0.167. The highest BCUT2D eigenvalue weighted by molar-refractivity contribution is 6.19. The van der Waals surface area contributed by atoms with Gasteiger partial charge in [0.05, 0.1) is 22.2 Å². The number of anilines is 3. The Morgan fingerprint density at radius 3 is 1.55 bits per heavy atom. The minimum atomic E-state index is 0.0688. The zero-order chi connectivity index (χ0) is 37.9. The lowest BCUT2D eigenvalue weighted by molar-refractivity contribution is 0.590. The minimum Gasteiger partial charge on any atom is -0.310 e. The molecule has 9 rings (SSSR count). The van der Waals surface area contributed by atoms with Crippen LogP contribution in [0.2, 0.25) is 0 Å². The molecule has 0 aliphatic rings. The number of benzene rings is 7. The number of hydrogen-bond donors (Lipinski definition) is 0. The molecule has 0 spiro atoms. The molecule has 0 saturated carbocycles. The maximum absolute atomic E-state index is 2.48. The van der Waals surface area contributed by atoms with Crippen LogP contribution >= 0.6 is 0 Å². The van der Waals surface area contributed by atoms with Crippen molar-refractivity contribution in [2.24, 2.45) is 0 Å². The molecule has 55 heavy (non-hydrogen) atoms. The van der Waals surface area contributed by atoms with Gasteiger partial charge in [0.15, 0.2) is 0 Å². The molecule has 2 aromatic heterocycles. The molecule has 0 saturated heterocycles. The monoisotopic (exact) mass is 713 g/mol. The van der Waals surface area contributed by atoms with Gasteiger partial charge < -0.3 is 14.0 Å². The summed E-state index contributed by atoms with van der Waals surface area (Å²) in [6.45, 7) is 13.6. The van der Waals surface area contributed by atoms with Gasteiger partial charge >= 0.3 is 0 Å². The van der Waals surface area contributed by atoms with E-state index in [0.717, 1.165) is 28.4 Å². The Kier molecular flexibility index (Phi) is 8.27. The van der Waals surface area contributed by atoms with Crippen molar-refractivity contribution in [1.82, 2.24) is 9.13 Å². The molecule has 0 atom stereocenters. The predicted octanol–water partition coefficient (Wildman–Crippen LogP) is 14.5. The van der Waals surface area contributed by atoms with Crippen LogP contribution in [-0.4, -0.2) is 9.13 Å². The summed E-state index contributed by atoms with van der Waals surface area (Å²) in [7, 11) is 0. The van der Waals surface area contributed by atoms with Gasteiger partial charge in [0, 0.05) is 44.6 Å². The first-order valence-electron chi connectivity index (χ1n) is 19.4. The summed E-state index contributed by atoms with van der Waals surface area (Å²) in [5, 5.41) is 3.70. The SMILES string of the molecule is CC(C)(C)c1ccc(N(c2ccc(C(C)(C)C)cc2)c2cccc(-n3c4ccccc4c4ccc5c(cc(-c6ccccc6)n5-c5ccccc5)c43)c2)cc1. The first kappa shape index (κ1) is 34.4. The van der Waals surface area contributed by atoms with Crippen molar-refractivity contribution in [3.63, 3.8) is 0 Å². The highest BCUT2D eigenvalue weighted by Gasteiger charge is 2.22. The topological polar surface area (TPSA) is 13.1 Å². The minimum absolute atomic E-state index is 0.0688. The number of nitrogens with zero attached hydrogens (tertiary/aromatic N) is 3.